The van der Waals surface area contributed by atoms with E-state index in [0.717, 1.165) is 0 Å². The zero-order chi connectivity index (χ0) is 20.8. The van der Waals surface area contributed by atoms with Crippen molar-refractivity contribution in [3.63, 3.8) is 0 Å². The van der Waals surface area contributed by atoms with Crippen LogP contribution in [-0.4, -0.2) is 52.1 Å². The number of benzene rings is 1. The Labute approximate surface area is 160 Å². The number of nitro groups is 1. The fourth-order valence-corrected chi connectivity index (χ4v) is 2.37. The number of carbonyl (C=O) groups excluding carboxylic acids is 1. The molecule has 0 saturated heterocycles. The summed E-state index contributed by atoms with van der Waals surface area (Å²) in [7, 11) is 3.11. The highest BCUT2D eigenvalue weighted by molar-refractivity contribution is 5.79. The van der Waals surface area contributed by atoms with Crippen molar-refractivity contribution in [3.8, 4) is 5.75 Å². The van der Waals surface area contributed by atoms with Crippen LogP contribution >= 0.6 is 0 Å². The van der Waals surface area contributed by atoms with Gasteiger partial charge in [0.25, 0.3) is 0 Å². The van der Waals surface area contributed by atoms with Gasteiger partial charge in [0.2, 0.25) is 5.82 Å². The van der Waals surface area contributed by atoms with Gasteiger partial charge in [-0.05, 0) is 30.7 Å². The van der Waals surface area contributed by atoms with Crippen LogP contribution in [0.4, 0.5) is 16.3 Å². The van der Waals surface area contributed by atoms with Crippen molar-refractivity contribution in [2.24, 2.45) is 0 Å². The SMILES string of the molecule is Cc1ccnc(N[C@@H](Cc2ccc(OC(=O)N(C)C)cc2)C(=O)O)c1[N+](=O)[O-]. The number of amides is 1. The lowest BCUT2D eigenvalue weighted by molar-refractivity contribution is -0.384. The van der Waals surface area contributed by atoms with E-state index in [1.165, 1.54) is 17.2 Å². The van der Waals surface area contributed by atoms with Crippen LogP contribution in [-0.2, 0) is 11.2 Å². The number of ether oxygens (including phenoxy) is 1. The molecule has 0 spiro atoms. The van der Waals surface area contributed by atoms with Gasteiger partial charge in [-0.2, -0.15) is 0 Å². The average molecular weight is 388 g/mol. The Balaban J connectivity index is 2.16. The van der Waals surface area contributed by atoms with Gasteiger partial charge in [-0.25, -0.2) is 14.6 Å². The molecule has 1 heterocycles. The predicted molar refractivity (Wildman–Crippen MR) is 101 cm³/mol. The van der Waals surface area contributed by atoms with E-state index in [4.69, 9.17) is 4.74 Å². The Morgan fingerprint density at radius 3 is 2.46 bits per heavy atom. The molecule has 10 heteroatoms. The van der Waals surface area contributed by atoms with E-state index in [1.807, 2.05) is 0 Å². The number of aromatic nitrogens is 1. The van der Waals surface area contributed by atoms with Gasteiger partial charge < -0.3 is 20.1 Å². The number of nitrogens with zero attached hydrogens (tertiary/aromatic N) is 3. The van der Waals surface area contributed by atoms with E-state index in [9.17, 15) is 24.8 Å². The number of aliphatic carboxylic acids is 1. The molecular weight excluding hydrogens is 368 g/mol. The molecule has 0 aliphatic carbocycles. The first kappa shape index (κ1) is 20.6. The van der Waals surface area contributed by atoms with Crippen LogP contribution in [0.3, 0.4) is 0 Å². The molecule has 2 N–H and O–H groups in total. The summed E-state index contributed by atoms with van der Waals surface area (Å²) < 4.78 is 5.10. The zero-order valence-corrected chi connectivity index (χ0v) is 15.6. The number of rotatable bonds is 7. The number of nitrogens with one attached hydrogen (secondary N) is 1. The predicted octanol–water partition coefficient (Wildman–Crippen LogP) is 2.47. The van der Waals surface area contributed by atoms with E-state index in [2.05, 4.69) is 10.3 Å². The highest BCUT2D eigenvalue weighted by Gasteiger charge is 2.25. The summed E-state index contributed by atoms with van der Waals surface area (Å²) in [5, 5.41) is 23.4. The molecule has 1 aromatic heterocycles. The van der Waals surface area contributed by atoms with Gasteiger partial charge in [-0.3, -0.25) is 10.1 Å². The van der Waals surface area contributed by atoms with Gasteiger partial charge in [0, 0.05) is 32.3 Å². The molecule has 148 valence electrons. The van der Waals surface area contributed by atoms with Crippen molar-refractivity contribution in [3.05, 3.63) is 57.8 Å². The number of carbonyl (C=O) groups is 2. The largest absolute Gasteiger partial charge is 0.480 e. The summed E-state index contributed by atoms with van der Waals surface area (Å²) in [6.07, 6.45) is 0.886. The van der Waals surface area contributed by atoms with E-state index < -0.39 is 23.0 Å². The first-order valence-corrected chi connectivity index (χ1v) is 8.26. The Bertz CT molecular complexity index is 882. The number of hydrogen-bond donors (Lipinski definition) is 2. The number of anilines is 1. The smallest absolute Gasteiger partial charge is 0.414 e. The molecule has 1 amide bonds. The maximum Gasteiger partial charge on any atom is 0.414 e. The van der Waals surface area contributed by atoms with Crippen LogP contribution in [0.25, 0.3) is 0 Å². The molecule has 1 atom stereocenters. The van der Waals surface area contributed by atoms with Crippen LogP contribution in [0.5, 0.6) is 5.75 Å². The third kappa shape index (κ3) is 5.16. The van der Waals surface area contributed by atoms with Crippen LogP contribution < -0.4 is 10.1 Å². The number of carboxylic acids is 1. The van der Waals surface area contributed by atoms with Crippen molar-refractivity contribution < 1.29 is 24.4 Å². The molecule has 0 unspecified atom stereocenters. The fourth-order valence-electron chi connectivity index (χ4n) is 2.37. The standard InChI is InChI=1S/C18H20N4O6/c1-11-8-9-19-16(15(11)22(26)27)20-14(17(23)24)10-12-4-6-13(7-5-12)28-18(25)21(2)3/h4-9,14H,10H2,1-3H3,(H,19,20)(H,23,24)/t14-/m0/s1. The lowest BCUT2D eigenvalue weighted by Gasteiger charge is -2.16. The van der Waals surface area contributed by atoms with Crippen molar-refractivity contribution >= 4 is 23.6 Å². The average Bonchev–Trinajstić information content (AvgIpc) is 2.62. The quantitative estimate of drug-likeness (QED) is 0.545. The third-order valence-corrected chi connectivity index (χ3v) is 3.85. The summed E-state index contributed by atoms with van der Waals surface area (Å²) in [4.78, 5) is 39.0. The van der Waals surface area contributed by atoms with Crippen molar-refractivity contribution in [1.29, 1.82) is 0 Å². The molecule has 1 aromatic carbocycles. The topological polar surface area (TPSA) is 135 Å². The molecule has 10 nitrogen and oxygen atoms in total. The summed E-state index contributed by atoms with van der Waals surface area (Å²) in [5.41, 5.74) is 0.748. The maximum absolute atomic E-state index is 11.6. The lowest BCUT2D eigenvalue weighted by atomic mass is 10.1. The van der Waals surface area contributed by atoms with E-state index in [1.54, 1.807) is 45.3 Å². The first-order chi connectivity index (χ1) is 13.2. The Kier molecular flexibility index (Phi) is 6.48. The molecule has 0 bridgehead atoms. The fraction of sp³-hybridized carbons (Fsp3) is 0.278. The lowest BCUT2D eigenvalue weighted by Crippen LogP contribution is -2.32. The molecule has 2 aromatic rings. The van der Waals surface area contributed by atoms with Gasteiger partial charge in [0.15, 0.2) is 0 Å². The number of aryl methyl sites for hydroxylation is 1. The summed E-state index contributed by atoms with van der Waals surface area (Å²) in [5.74, 6) is -0.965. The minimum absolute atomic E-state index is 0.0457. The molecule has 0 radical (unpaired) electrons. The maximum atomic E-state index is 11.6. The van der Waals surface area contributed by atoms with Crippen LogP contribution in [0.15, 0.2) is 36.5 Å². The summed E-state index contributed by atoms with van der Waals surface area (Å²) in [6.45, 7) is 1.55. The number of pyridine rings is 1. The van der Waals surface area contributed by atoms with Crippen molar-refractivity contribution in [2.75, 3.05) is 19.4 Å². The molecule has 0 aliphatic rings. The second kappa shape index (κ2) is 8.80. The third-order valence-electron chi connectivity index (χ3n) is 3.85. The van der Waals surface area contributed by atoms with Gasteiger partial charge in [0.05, 0.1) is 4.92 Å². The molecule has 0 fully saturated rings. The van der Waals surface area contributed by atoms with Gasteiger partial charge >= 0.3 is 17.7 Å². The number of hydrogen-bond acceptors (Lipinski definition) is 7. The van der Waals surface area contributed by atoms with Crippen LogP contribution in [0, 0.1) is 17.0 Å². The summed E-state index contributed by atoms with van der Waals surface area (Å²) >= 11 is 0. The monoisotopic (exact) mass is 388 g/mol. The van der Waals surface area contributed by atoms with Crippen molar-refractivity contribution in [1.82, 2.24) is 9.88 Å². The Morgan fingerprint density at radius 1 is 1.29 bits per heavy atom. The van der Waals surface area contributed by atoms with Gasteiger partial charge in [-0.1, -0.05) is 12.1 Å². The Hall–Kier alpha value is -3.69. The first-order valence-electron chi connectivity index (χ1n) is 8.26. The minimum atomic E-state index is -1.18. The van der Waals surface area contributed by atoms with Crippen LogP contribution in [0.1, 0.15) is 11.1 Å². The van der Waals surface area contributed by atoms with Crippen molar-refractivity contribution in [2.45, 2.75) is 19.4 Å². The molecule has 2 rings (SSSR count). The summed E-state index contributed by atoms with van der Waals surface area (Å²) in [6, 6.07) is 6.67. The zero-order valence-electron chi connectivity index (χ0n) is 15.6. The Morgan fingerprint density at radius 2 is 1.93 bits per heavy atom. The van der Waals surface area contributed by atoms with Gasteiger partial charge in [-0.15, -0.1) is 0 Å². The second-order valence-corrected chi connectivity index (χ2v) is 6.23. The second-order valence-electron chi connectivity index (χ2n) is 6.23. The number of carboxylic acid groups (broad SMARTS) is 1. The molecule has 0 aliphatic heterocycles. The minimum Gasteiger partial charge on any atom is -0.480 e. The molecule has 0 saturated carbocycles. The van der Waals surface area contributed by atoms with E-state index in [-0.39, 0.29) is 17.9 Å². The molecular formula is C18H20N4O6. The van der Waals surface area contributed by atoms with E-state index in [0.29, 0.717) is 16.9 Å². The normalized spacial score (nSPS) is 11.4. The highest BCUT2D eigenvalue weighted by Crippen LogP contribution is 2.26. The van der Waals surface area contributed by atoms with Gasteiger partial charge in [0.1, 0.15) is 11.8 Å². The highest BCUT2D eigenvalue weighted by atomic mass is 16.6. The van der Waals surface area contributed by atoms with E-state index >= 15 is 0 Å². The molecule has 28 heavy (non-hydrogen) atoms. The van der Waals surface area contributed by atoms with Crippen LogP contribution in [0.2, 0.25) is 0 Å².